The second kappa shape index (κ2) is 7.08. The number of alkyl halides is 3. The average Bonchev–Trinajstić information content (AvgIpc) is 2.96. The highest BCUT2D eigenvalue weighted by Crippen LogP contribution is 2.46. The molecule has 2 heterocycles. The first-order chi connectivity index (χ1) is 13.7. The highest BCUT2D eigenvalue weighted by molar-refractivity contribution is 5.71. The van der Waals surface area contributed by atoms with Gasteiger partial charge in [-0.25, -0.2) is 0 Å². The molecule has 0 saturated carbocycles. The van der Waals surface area contributed by atoms with Gasteiger partial charge in [0.1, 0.15) is 0 Å². The fourth-order valence-corrected chi connectivity index (χ4v) is 4.96. The smallest absolute Gasteiger partial charge is 0.324 e. The quantitative estimate of drug-likeness (QED) is 0.632. The Labute approximate surface area is 169 Å². The second-order valence-electron chi connectivity index (χ2n) is 8.18. The van der Waals surface area contributed by atoms with Crippen LogP contribution in [-0.4, -0.2) is 22.5 Å². The zero-order valence-corrected chi connectivity index (χ0v) is 17.2. The normalized spacial score (nSPS) is 21.6. The molecule has 6 heteroatoms. The van der Waals surface area contributed by atoms with Gasteiger partial charge in [0.2, 0.25) is 0 Å². The number of allylic oxidation sites excluding steroid dienone is 4. The second-order valence-corrected chi connectivity index (χ2v) is 8.18. The van der Waals surface area contributed by atoms with Gasteiger partial charge >= 0.3 is 6.18 Å². The number of anilines is 2. The summed E-state index contributed by atoms with van der Waals surface area (Å²) in [5.74, 6) is -1.47. The van der Waals surface area contributed by atoms with Crippen molar-refractivity contribution in [2.45, 2.75) is 45.7 Å². The highest BCUT2D eigenvalue weighted by Gasteiger charge is 2.45. The van der Waals surface area contributed by atoms with Crippen molar-refractivity contribution in [3.8, 4) is 0 Å². The van der Waals surface area contributed by atoms with Gasteiger partial charge in [0, 0.05) is 30.8 Å². The molecule has 4 rings (SSSR count). The van der Waals surface area contributed by atoms with E-state index in [2.05, 4.69) is 37.8 Å². The molecular weight excluding hydrogens is 375 g/mol. The third-order valence-corrected chi connectivity index (χ3v) is 5.97. The SMILES string of the molecule is Cc1cc(C)c(N2CCCc3c2nn(C)c3C2C=CC=CC2C(F)(F)F)c(C)c1. The van der Waals surface area contributed by atoms with Gasteiger partial charge in [-0.1, -0.05) is 42.0 Å². The van der Waals surface area contributed by atoms with E-state index < -0.39 is 18.0 Å². The van der Waals surface area contributed by atoms with Gasteiger partial charge in [-0.15, -0.1) is 0 Å². The van der Waals surface area contributed by atoms with Gasteiger partial charge in [-0.3, -0.25) is 4.68 Å². The minimum atomic E-state index is -4.29. The molecule has 2 aromatic rings. The predicted octanol–water partition coefficient (Wildman–Crippen LogP) is 5.82. The number of hydrogen-bond acceptors (Lipinski definition) is 2. The number of aromatic nitrogens is 2. The summed E-state index contributed by atoms with van der Waals surface area (Å²) in [6, 6.07) is 4.30. The summed E-state index contributed by atoms with van der Waals surface area (Å²) < 4.78 is 42.8. The van der Waals surface area contributed by atoms with E-state index in [0.29, 0.717) is 5.69 Å². The number of benzene rings is 1. The Balaban J connectivity index is 1.83. The number of hydrogen-bond donors (Lipinski definition) is 0. The van der Waals surface area contributed by atoms with E-state index in [1.54, 1.807) is 23.9 Å². The van der Waals surface area contributed by atoms with Crippen molar-refractivity contribution in [3.05, 3.63) is 64.4 Å². The average molecular weight is 401 g/mol. The van der Waals surface area contributed by atoms with Crippen molar-refractivity contribution in [3.63, 3.8) is 0 Å². The maximum Gasteiger partial charge on any atom is 0.396 e. The summed E-state index contributed by atoms with van der Waals surface area (Å²) in [4.78, 5) is 2.19. The monoisotopic (exact) mass is 401 g/mol. The van der Waals surface area contributed by atoms with E-state index >= 15 is 0 Å². The lowest BCUT2D eigenvalue weighted by Gasteiger charge is -2.32. The lowest BCUT2D eigenvalue weighted by Crippen LogP contribution is -2.30. The van der Waals surface area contributed by atoms with Crippen LogP contribution in [0.15, 0.2) is 36.4 Å². The third kappa shape index (κ3) is 3.38. The Hall–Kier alpha value is -2.50. The van der Waals surface area contributed by atoms with Crippen LogP contribution in [0, 0.1) is 26.7 Å². The molecule has 3 nitrogen and oxygen atoms in total. The molecule has 0 amide bonds. The molecule has 154 valence electrons. The molecular formula is C23H26F3N3. The minimum absolute atomic E-state index is 0.676. The molecule has 2 aliphatic rings. The predicted molar refractivity (Wildman–Crippen MR) is 110 cm³/mol. The largest absolute Gasteiger partial charge is 0.396 e. The minimum Gasteiger partial charge on any atom is -0.324 e. The van der Waals surface area contributed by atoms with E-state index in [4.69, 9.17) is 5.10 Å². The molecule has 29 heavy (non-hydrogen) atoms. The number of halogens is 3. The first-order valence-corrected chi connectivity index (χ1v) is 10.0. The Morgan fingerprint density at radius 3 is 2.34 bits per heavy atom. The number of fused-ring (bicyclic) bond motifs is 1. The van der Waals surface area contributed by atoms with Gasteiger partial charge in [0.25, 0.3) is 0 Å². The summed E-state index contributed by atoms with van der Waals surface area (Å²) in [6.45, 7) is 7.06. The van der Waals surface area contributed by atoms with Crippen LogP contribution in [0.2, 0.25) is 0 Å². The molecule has 0 saturated heterocycles. The molecule has 0 bridgehead atoms. The molecule has 0 spiro atoms. The molecule has 0 fully saturated rings. The van der Waals surface area contributed by atoms with Crippen molar-refractivity contribution < 1.29 is 13.2 Å². The fourth-order valence-electron chi connectivity index (χ4n) is 4.96. The number of rotatable bonds is 2. The Morgan fingerprint density at radius 2 is 1.69 bits per heavy atom. The van der Waals surface area contributed by atoms with Gasteiger partial charge in [0.15, 0.2) is 5.82 Å². The molecule has 2 unspecified atom stereocenters. The maximum absolute atomic E-state index is 13.7. The zero-order valence-electron chi connectivity index (χ0n) is 17.2. The Kier molecular flexibility index (Phi) is 4.83. The molecule has 2 atom stereocenters. The first-order valence-electron chi connectivity index (χ1n) is 10.0. The van der Waals surface area contributed by atoms with E-state index in [-0.39, 0.29) is 0 Å². The fraction of sp³-hybridized carbons (Fsp3) is 0.435. The molecule has 0 radical (unpaired) electrons. The number of aryl methyl sites for hydroxylation is 4. The lowest BCUT2D eigenvalue weighted by molar-refractivity contribution is -0.164. The lowest BCUT2D eigenvalue weighted by atomic mass is 9.82. The van der Waals surface area contributed by atoms with Crippen LogP contribution in [-0.2, 0) is 13.5 Å². The zero-order chi connectivity index (χ0) is 20.9. The van der Waals surface area contributed by atoms with Crippen LogP contribution < -0.4 is 4.90 Å². The van der Waals surface area contributed by atoms with Crippen molar-refractivity contribution >= 4 is 11.5 Å². The standard InChI is InChI=1S/C23H26F3N3/c1-14-12-15(2)20(16(3)13-14)29-11-7-9-18-21(28(4)27-22(18)29)17-8-5-6-10-19(17)23(24,25)26/h5-6,8,10,12-13,17,19H,7,9,11H2,1-4H3. The summed E-state index contributed by atoms with van der Waals surface area (Å²) in [6.07, 6.45) is 3.47. The first kappa shape index (κ1) is 19.8. The van der Waals surface area contributed by atoms with Gasteiger partial charge < -0.3 is 4.90 Å². The Morgan fingerprint density at radius 1 is 1.03 bits per heavy atom. The summed E-state index contributed by atoms with van der Waals surface area (Å²) in [5.41, 5.74) is 6.27. The molecule has 0 N–H and O–H groups in total. The van der Waals surface area contributed by atoms with Crippen molar-refractivity contribution in [1.82, 2.24) is 9.78 Å². The van der Waals surface area contributed by atoms with E-state index in [0.717, 1.165) is 47.6 Å². The van der Waals surface area contributed by atoms with Crippen LogP contribution in [0.3, 0.4) is 0 Å². The van der Waals surface area contributed by atoms with Crippen LogP contribution in [0.1, 0.15) is 40.3 Å². The van der Waals surface area contributed by atoms with E-state index in [9.17, 15) is 13.2 Å². The highest BCUT2D eigenvalue weighted by atomic mass is 19.4. The van der Waals surface area contributed by atoms with Crippen LogP contribution >= 0.6 is 0 Å². The summed E-state index contributed by atoms with van der Waals surface area (Å²) in [5, 5.41) is 4.72. The van der Waals surface area contributed by atoms with Crippen LogP contribution in [0.4, 0.5) is 24.7 Å². The Bertz CT molecular complexity index is 975. The van der Waals surface area contributed by atoms with Gasteiger partial charge in [-0.05, 0) is 44.7 Å². The van der Waals surface area contributed by atoms with Crippen molar-refractivity contribution in [2.75, 3.05) is 11.4 Å². The van der Waals surface area contributed by atoms with Crippen LogP contribution in [0.25, 0.3) is 0 Å². The molecule has 1 aromatic heterocycles. The summed E-state index contributed by atoms with van der Waals surface area (Å²) in [7, 11) is 1.76. The molecule has 1 aliphatic carbocycles. The number of nitrogens with zero attached hydrogens (tertiary/aromatic N) is 3. The molecule has 1 aromatic carbocycles. The van der Waals surface area contributed by atoms with Gasteiger partial charge in [-0.2, -0.15) is 18.3 Å². The van der Waals surface area contributed by atoms with E-state index in [1.165, 1.54) is 17.7 Å². The van der Waals surface area contributed by atoms with Gasteiger partial charge in [0.05, 0.1) is 11.6 Å². The topological polar surface area (TPSA) is 21.1 Å². The van der Waals surface area contributed by atoms with Crippen molar-refractivity contribution in [2.24, 2.45) is 13.0 Å². The van der Waals surface area contributed by atoms with Crippen molar-refractivity contribution in [1.29, 1.82) is 0 Å². The summed E-state index contributed by atoms with van der Waals surface area (Å²) >= 11 is 0. The molecule has 1 aliphatic heterocycles. The van der Waals surface area contributed by atoms with Crippen LogP contribution in [0.5, 0.6) is 0 Å². The third-order valence-electron chi connectivity index (χ3n) is 5.97. The maximum atomic E-state index is 13.7. The van der Waals surface area contributed by atoms with E-state index in [1.807, 2.05) is 0 Å².